The molecule has 2 atom stereocenters. The van der Waals surface area contributed by atoms with Crippen molar-refractivity contribution in [2.45, 2.75) is 19.1 Å². The van der Waals surface area contributed by atoms with Crippen molar-refractivity contribution in [1.82, 2.24) is 9.97 Å². The number of fused-ring (bicyclic) bond motifs is 1. The summed E-state index contributed by atoms with van der Waals surface area (Å²) in [6.45, 7) is 1.80. The van der Waals surface area contributed by atoms with Crippen LogP contribution >= 0.6 is 0 Å². The Bertz CT molecular complexity index is 720. The van der Waals surface area contributed by atoms with Crippen LogP contribution in [0.3, 0.4) is 0 Å². The molecule has 1 N–H and O–H groups in total. The molecular weight excluding hydrogens is 296 g/mol. The molecule has 1 aromatic carbocycles. The van der Waals surface area contributed by atoms with Crippen molar-refractivity contribution >= 4 is 17.5 Å². The van der Waals surface area contributed by atoms with Gasteiger partial charge in [0.15, 0.2) is 11.5 Å². The van der Waals surface area contributed by atoms with Gasteiger partial charge >= 0.3 is 0 Å². The van der Waals surface area contributed by atoms with Crippen LogP contribution in [0.25, 0.3) is 0 Å². The fraction of sp³-hybridized carbons (Fsp3) is 0.312. The summed E-state index contributed by atoms with van der Waals surface area (Å²) in [7, 11) is 3.73. The van der Waals surface area contributed by atoms with E-state index in [1.807, 2.05) is 37.2 Å². The van der Waals surface area contributed by atoms with E-state index >= 15 is 0 Å². The van der Waals surface area contributed by atoms with E-state index in [0.717, 1.165) is 0 Å². The summed E-state index contributed by atoms with van der Waals surface area (Å²) in [6, 6.07) is 8.98. The van der Waals surface area contributed by atoms with Crippen molar-refractivity contribution in [1.29, 1.82) is 0 Å². The van der Waals surface area contributed by atoms with Crippen molar-refractivity contribution in [3.8, 4) is 11.5 Å². The number of rotatable bonds is 3. The number of hydrogen-bond donors (Lipinski definition) is 1. The smallest absolute Gasteiger partial charge is 0.270 e. The third-order valence-corrected chi connectivity index (χ3v) is 3.46. The van der Waals surface area contributed by atoms with Crippen LogP contribution < -0.4 is 19.7 Å². The zero-order valence-electron chi connectivity index (χ0n) is 13.2. The summed E-state index contributed by atoms with van der Waals surface area (Å²) in [5.74, 6) is 2.01. The average Bonchev–Trinajstić information content (AvgIpc) is 2.54. The number of nitrogens with one attached hydrogen (secondary N) is 1. The number of carbonyl (C=O) groups excluding carboxylic acids is 1. The Morgan fingerprint density at radius 3 is 2.57 bits per heavy atom. The van der Waals surface area contributed by atoms with Crippen LogP contribution in [-0.2, 0) is 4.79 Å². The number of para-hydroxylation sites is 2. The van der Waals surface area contributed by atoms with E-state index in [1.54, 1.807) is 19.1 Å². The second kappa shape index (κ2) is 6.12. The van der Waals surface area contributed by atoms with Crippen LogP contribution in [0.15, 0.2) is 36.7 Å². The van der Waals surface area contributed by atoms with Crippen molar-refractivity contribution in [3.63, 3.8) is 0 Å². The highest BCUT2D eigenvalue weighted by Gasteiger charge is 2.34. The molecule has 23 heavy (non-hydrogen) atoms. The fourth-order valence-electron chi connectivity index (χ4n) is 2.26. The number of ether oxygens (including phenoxy) is 2. The summed E-state index contributed by atoms with van der Waals surface area (Å²) in [4.78, 5) is 22.5. The van der Waals surface area contributed by atoms with E-state index in [0.29, 0.717) is 23.1 Å². The van der Waals surface area contributed by atoms with E-state index in [4.69, 9.17) is 9.47 Å². The number of hydrogen-bond acceptors (Lipinski definition) is 6. The molecule has 0 saturated carbocycles. The van der Waals surface area contributed by atoms with Gasteiger partial charge in [-0.25, -0.2) is 9.97 Å². The molecule has 0 fully saturated rings. The Kier molecular flexibility index (Phi) is 4.01. The molecule has 1 aliphatic heterocycles. The zero-order valence-corrected chi connectivity index (χ0v) is 13.2. The van der Waals surface area contributed by atoms with Gasteiger partial charge in [-0.3, -0.25) is 4.79 Å². The molecule has 0 spiro atoms. The standard InChI is InChI=1S/C16H18N4O3/c1-10-15(23-12-7-5-4-6-11(12)22-10)16(21)19-13-8-14(20(2)3)18-9-17-13/h4-10,15H,1-3H3,(H,17,18,19,21). The highest BCUT2D eigenvalue weighted by Crippen LogP contribution is 2.33. The van der Waals surface area contributed by atoms with Gasteiger partial charge in [0.05, 0.1) is 0 Å². The zero-order chi connectivity index (χ0) is 16.4. The first kappa shape index (κ1) is 15.1. The number of anilines is 2. The summed E-state index contributed by atoms with van der Waals surface area (Å²) in [6.07, 6.45) is 0.254. The van der Waals surface area contributed by atoms with Gasteiger partial charge in [0, 0.05) is 20.2 Å². The van der Waals surface area contributed by atoms with Gasteiger partial charge in [-0.1, -0.05) is 12.1 Å². The van der Waals surface area contributed by atoms with Gasteiger partial charge < -0.3 is 19.7 Å². The van der Waals surface area contributed by atoms with Crippen molar-refractivity contribution in [2.75, 3.05) is 24.3 Å². The predicted molar refractivity (Wildman–Crippen MR) is 85.9 cm³/mol. The highest BCUT2D eigenvalue weighted by atomic mass is 16.6. The quantitative estimate of drug-likeness (QED) is 0.929. The number of carbonyl (C=O) groups is 1. The lowest BCUT2D eigenvalue weighted by molar-refractivity contribution is -0.128. The first-order valence-electron chi connectivity index (χ1n) is 7.27. The maximum absolute atomic E-state index is 12.5. The lowest BCUT2D eigenvalue weighted by Gasteiger charge is -2.30. The molecule has 0 bridgehead atoms. The van der Waals surface area contributed by atoms with Gasteiger partial charge in [0.25, 0.3) is 5.91 Å². The van der Waals surface area contributed by atoms with Crippen molar-refractivity contribution in [3.05, 3.63) is 36.7 Å². The molecule has 1 aliphatic rings. The van der Waals surface area contributed by atoms with Crippen LogP contribution in [0.5, 0.6) is 11.5 Å². The van der Waals surface area contributed by atoms with Crippen molar-refractivity contribution in [2.24, 2.45) is 0 Å². The normalized spacial score (nSPS) is 19.1. The maximum atomic E-state index is 12.5. The van der Waals surface area contributed by atoms with Gasteiger partial charge in [-0.05, 0) is 19.1 Å². The highest BCUT2D eigenvalue weighted by molar-refractivity contribution is 5.94. The monoisotopic (exact) mass is 314 g/mol. The molecule has 2 heterocycles. The fourth-order valence-corrected chi connectivity index (χ4v) is 2.26. The average molecular weight is 314 g/mol. The first-order chi connectivity index (χ1) is 11.0. The van der Waals surface area contributed by atoms with E-state index in [9.17, 15) is 4.79 Å². The van der Waals surface area contributed by atoms with E-state index in [-0.39, 0.29) is 5.91 Å². The van der Waals surface area contributed by atoms with Gasteiger partial charge in [-0.15, -0.1) is 0 Å². The van der Waals surface area contributed by atoms with Crippen LogP contribution in [0.2, 0.25) is 0 Å². The minimum atomic E-state index is -0.748. The Balaban J connectivity index is 1.75. The maximum Gasteiger partial charge on any atom is 0.270 e. The topological polar surface area (TPSA) is 76.6 Å². The largest absolute Gasteiger partial charge is 0.482 e. The van der Waals surface area contributed by atoms with Crippen LogP contribution in [0.4, 0.5) is 11.6 Å². The van der Waals surface area contributed by atoms with E-state index in [1.165, 1.54) is 6.33 Å². The molecule has 0 radical (unpaired) electrons. The second-order valence-electron chi connectivity index (χ2n) is 5.45. The Morgan fingerprint density at radius 1 is 1.17 bits per heavy atom. The summed E-state index contributed by atoms with van der Waals surface area (Å²) < 4.78 is 11.5. The summed E-state index contributed by atoms with van der Waals surface area (Å²) >= 11 is 0. The summed E-state index contributed by atoms with van der Waals surface area (Å²) in [5.41, 5.74) is 0. The SMILES string of the molecule is CC1Oc2ccccc2OC1C(=O)Nc1cc(N(C)C)ncn1. The molecule has 7 nitrogen and oxygen atoms in total. The van der Waals surface area contributed by atoms with E-state index in [2.05, 4.69) is 15.3 Å². The molecule has 120 valence electrons. The molecule has 3 rings (SSSR count). The molecule has 0 saturated heterocycles. The number of amides is 1. The molecular formula is C16H18N4O3. The number of aromatic nitrogens is 2. The number of nitrogens with zero attached hydrogens (tertiary/aromatic N) is 3. The van der Waals surface area contributed by atoms with Gasteiger partial charge in [0.2, 0.25) is 6.10 Å². The third-order valence-electron chi connectivity index (χ3n) is 3.46. The van der Waals surface area contributed by atoms with Gasteiger partial charge in [-0.2, -0.15) is 0 Å². The third kappa shape index (κ3) is 3.18. The lowest BCUT2D eigenvalue weighted by Crippen LogP contribution is -2.46. The molecule has 0 aliphatic carbocycles. The van der Waals surface area contributed by atoms with Crippen molar-refractivity contribution < 1.29 is 14.3 Å². The molecule has 2 aromatic rings. The Labute approximate surface area is 134 Å². The minimum Gasteiger partial charge on any atom is -0.482 e. The Hall–Kier alpha value is -2.83. The molecule has 1 aromatic heterocycles. The van der Waals surface area contributed by atoms with Gasteiger partial charge in [0.1, 0.15) is 24.1 Å². The van der Waals surface area contributed by atoms with Crippen LogP contribution in [-0.4, -0.2) is 42.2 Å². The molecule has 1 amide bonds. The number of benzene rings is 1. The van der Waals surface area contributed by atoms with E-state index < -0.39 is 12.2 Å². The summed E-state index contributed by atoms with van der Waals surface area (Å²) in [5, 5.41) is 2.75. The Morgan fingerprint density at radius 2 is 1.87 bits per heavy atom. The minimum absolute atomic E-state index is 0.310. The van der Waals surface area contributed by atoms with Crippen LogP contribution in [0, 0.1) is 0 Å². The predicted octanol–water partition coefficient (Wildman–Crippen LogP) is 1.71. The first-order valence-corrected chi connectivity index (χ1v) is 7.27. The van der Waals surface area contributed by atoms with Crippen LogP contribution in [0.1, 0.15) is 6.92 Å². The second-order valence-corrected chi connectivity index (χ2v) is 5.45. The molecule has 7 heteroatoms. The lowest BCUT2D eigenvalue weighted by atomic mass is 10.1. The molecule has 2 unspecified atom stereocenters.